The number of amides is 1. The number of halogens is 1. The van der Waals surface area contributed by atoms with Gasteiger partial charge in [0.1, 0.15) is 5.88 Å². The zero-order valence-electron chi connectivity index (χ0n) is 13.1. The number of rotatable bonds is 4. The predicted octanol–water partition coefficient (Wildman–Crippen LogP) is 4.42. The maximum Gasteiger partial charge on any atom is 0.246 e. The van der Waals surface area contributed by atoms with Crippen molar-refractivity contribution in [1.82, 2.24) is 0 Å². The molecule has 0 aliphatic rings. The number of nitriles is 1. The summed E-state index contributed by atoms with van der Waals surface area (Å²) in [6, 6.07) is 14.9. The fourth-order valence-electron chi connectivity index (χ4n) is 2.49. The SMILES string of the molecule is C=C(c1ccc(C#N)cc1)N(C(=O)CCl)c1c(C)cccc1C. The molecule has 0 aromatic heterocycles. The molecule has 0 bridgehead atoms. The topological polar surface area (TPSA) is 44.1 Å². The van der Waals surface area contributed by atoms with Crippen LogP contribution >= 0.6 is 11.6 Å². The van der Waals surface area contributed by atoms with Gasteiger partial charge in [0.15, 0.2) is 0 Å². The predicted molar refractivity (Wildman–Crippen MR) is 94.3 cm³/mol. The molecular weight excluding hydrogens is 308 g/mol. The van der Waals surface area contributed by atoms with Crippen molar-refractivity contribution in [2.24, 2.45) is 0 Å². The van der Waals surface area contributed by atoms with Crippen LogP contribution < -0.4 is 4.90 Å². The van der Waals surface area contributed by atoms with Crippen molar-refractivity contribution in [3.05, 3.63) is 71.3 Å². The molecule has 2 aromatic rings. The van der Waals surface area contributed by atoms with Crippen LogP contribution in [0, 0.1) is 25.2 Å². The third-order valence-corrected chi connectivity index (χ3v) is 3.87. The summed E-state index contributed by atoms with van der Waals surface area (Å²) in [5.41, 5.74) is 4.61. The van der Waals surface area contributed by atoms with Crippen molar-refractivity contribution < 1.29 is 4.79 Å². The first-order valence-corrected chi connectivity index (χ1v) is 7.67. The molecule has 0 fully saturated rings. The molecule has 0 unspecified atom stereocenters. The highest BCUT2D eigenvalue weighted by atomic mass is 35.5. The van der Waals surface area contributed by atoms with Crippen molar-refractivity contribution in [2.45, 2.75) is 13.8 Å². The standard InChI is InChI=1S/C19H17ClN2O/c1-13-5-4-6-14(2)19(13)22(18(23)11-20)15(3)17-9-7-16(12-21)8-10-17/h4-10H,3,11H2,1-2H3. The van der Waals surface area contributed by atoms with Crippen molar-refractivity contribution in [1.29, 1.82) is 5.26 Å². The maximum absolute atomic E-state index is 12.4. The van der Waals surface area contributed by atoms with Crippen LogP contribution in [0.15, 0.2) is 49.0 Å². The van der Waals surface area contributed by atoms with Gasteiger partial charge in [0.2, 0.25) is 5.91 Å². The minimum atomic E-state index is -0.238. The summed E-state index contributed by atoms with van der Waals surface area (Å²) < 4.78 is 0. The molecule has 0 atom stereocenters. The Morgan fingerprint density at radius 1 is 1.17 bits per heavy atom. The minimum absolute atomic E-state index is 0.136. The number of aryl methyl sites for hydroxylation is 2. The van der Waals surface area contributed by atoms with Crippen molar-refractivity contribution >= 4 is 28.9 Å². The van der Waals surface area contributed by atoms with Crippen molar-refractivity contribution in [2.75, 3.05) is 10.8 Å². The number of alkyl halides is 1. The smallest absolute Gasteiger partial charge is 0.246 e. The molecule has 0 heterocycles. The van der Waals surface area contributed by atoms with E-state index in [-0.39, 0.29) is 11.8 Å². The summed E-state index contributed by atoms with van der Waals surface area (Å²) in [6.45, 7) is 7.97. The van der Waals surface area contributed by atoms with Gasteiger partial charge in [-0.25, -0.2) is 0 Å². The summed E-state index contributed by atoms with van der Waals surface area (Å²) in [7, 11) is 0. The summed E-state index contributed by atoms with van der Waals surface area (Å²) in [6.07, 6.45) is 0. The second-order valence-corrected chi connectivity index (χ2v) is 5.51. The lowest BCUT2D eigenvalue weighted by Crippen LogP contribution is -2.31. The zero-order chi connectivity index (χ0) is 17.0. The molecule has 3 nitrogen and oxygen atoms in total. The first-order chi connectivity index (χ1) is 11.0. The first kappa shape index (κ1) is 16.8. The summed E-state index contributed by atoms with van der Waals surface area (Å²) in [5, 5.41) is 8.90. The number of hydrogen-bond donors (Lipinski definition) is 0. The minimum Gasteiger partial charge on any atom is -0.279 e. The Morgan fingerprint density at radius 3 is 2.22 bits per heavy atom. The quantitative estimate of drug-likeness (QED) is 0.781. The third kappa shape index (κ3) is 3.44. The Bertz CT molecular complexity index is 768. The van der Waals surface area contributed by atoms with Crippen molar-refractivity contribution in [3.63, 3.8) is 0 Å². The Kier molecular flexibility index (Phi) is 5.20. The van der Waals surface area contributed by atoms with Gasteiger partial charge in [-0.3, -0.25) is 9.69 Å². The Balaban J connectivity index is 2.53. The van der Waals surface area contributed by atoms with Crippen LogP contribution in [-0.2, 0) is 4.79 Å². The van der Waals surface area contributed by atoms with E-state index < -0.39 is 0 Å². The van der Waals surface area contributed by atoms with E-state index in [4.69, 9.17) is 16.9 Å². The van der Waals surface area contributed by atoms with Crippen LogP contribution in [0.2, 0.25) is 0 Å². The van der Waals surface area contributed by atoms with E-state index in [0.717, 1.165) is 22.4 Å². The zero-order valence-corrected chi connectivity index (χ0v) is 13.9. The molecule has 0 aliphatic carbocycles. The van der Waals surface area contributed by atoms with Gasteiger partial charge < -0.3 is 0 Å². The van der Waals surface area contributed by atoms with Gasteiger partial charge in [-0.05, 0) is 42.7 Å². The van der Waals surface area contributed by atoms with Gasteiger partial charge in [0.25, 0.3) is 0 Å². The van der Waals surface area contributed by atoms with Crippen LogP contribution in [0.4, 0.5) is 5.69 Å². The number of carbonyl (C=O) groups excluding carboxylic acids is 1. The lowest BCUT2D eigenvalue weighted by Gasteiger charge is -2.27. The fraction of sp³-hybridized carbons (Fsp3) is 0.158. The number of anilines is 1. The highest BCUT2D eigenvalue weighted by Crippen LogP contribution is 2.31. The van der Waals surface area contributed by atoms with Crippen LogP contribution in [0.1, 0.15) is 22.3 Å². The van der Waals surface area contributed by atoms with Gasteiger partial charge in [-0.15, -0.1) is 11.6 Å². The van der Waals surface area contributed by atoms with Crippen LogP contribution in [0.3, 0.4) is 0 Å². The van der Waals surface area contributed by atoms with E-state index in [1.54, 1.807) is 29.2 Å². The second-order valence-electron chi connectivity index (χ2n) is 5.24. The lowest BCUT2D eigenvalue weighted by atomic mass is 10.0. The van der Waals surface area contributed by atoms with Gasteiger partial charge in [0, 0.05) is 5.70 Å². The molecular formula is C19H17ClN2O. The fourth-order valence-corrected chi connectivity index (χ4v) is 2.61. The van der Waals surface area contributed by atoms with E-state index in [2.05, 4.69) is 12.6 Å². The normalized spacial score (nSPS) is 10.0. The lowest BCUT2D eigenvalue weighted by molar-refractivity contribution is -0.115. The molecule has 116 valence electrons. The van der Waals surface area contributed by atoms with Gasteiger partial charge in [-0.2, -0.15) is 5.26 Å². The first-order valence-electron chi connectivity index (χ1n) is 7.14. The largest absolute Gasteiger partial charge is 0.279 e. The molecule has 1 amide bonds. The van der Waals surface area contributed by atoms with Gasteiger partial charge in [0.05, 0.1) is 17.3 Å². The van der Waals surface area contributed by atoms with Crippen LogP contribution in [0.25, 0.3) is 5.70 Å². The molecule has 0 spiro atoms. The molecule has 2 rings (SSSR count). The molecule has 2 aromatic carbocycles. The van der Waals surface area contributed by atoms with Crippen LogP contribution in [0.5, 0.6) is 0 Å². The highest BCUT2D eigenvalue weighted by Gasteiger charge is 2.22. The summed E-state index contributed by atoms with van der Waals surface area (Å²) >= 11 is 5.81. The number of para-hydroxylation sites is 1. The van der Waals surface area contributed by atoms with E-state index in [1.807, 2.05) is 32.0 Å². The molecule has 0 saturated heterocycles. The summed E-state index contributed by atoms with van der Waals surface area (Å²) in [5.74, 6) is -0.373. The molecule has 4 heteroatoms. The Hall–Kier alpha value is -2.57. The van der Waals surface area contributed by atoms with Crippen molar-refractivity contribution in [3.8, 4) is 6.07 Å². The number of hydrogen-bond acceptors (Lipinski definition) is 2. The number of nitrogens with zero attached hydrogens (tertiary/aromatic N) is 2. The highest BCUT2D eigenvalue weighted by molar-refractivity contribution is 6.31. The monoisotopic (exact) mass is 324 g/mol. The molecule has 23 heavy (non-hydrogen) atoms. The van der Waals surface area contributed by atoms with E-state index in [0.29, 0.717) is 11.3 Å². The average Bonchev–Trinajstić information content (AvgIpc) is 2.57. The molecule has 0 saturated carbocycles. The number of benzene rings is 2. The Morgan fingerprint density at radius 2 is 1.74 bits per heavy atom. The Labute approximate surface area is 141 Å². The number of carbonyl (C=O) groups is 1. The van der Waals surface area contributed by atoms with E-state index in [1.165, 1.54) is 0 Å². The maximum atomic E-state index is 12.4. The van der Waals surface area contributed by atoms with E-state index in [9.17, 15) is 4.79 Å². The molecule has 0 N–H and O–H groups in total. The van der Waals surface area contributed by atoms with Crippen LogP contribution in [-0.4, -0.2) is 11.8 Å². The van der Waals surface area contributed by atoms with E-state index >= 15 is 0 Å². The molecule has 0 aliphatic heterocycles. The summed E-state index contributed by atoms with van der Waals surface area (Å²) in [4.78, 5) is 14.0. The third-order valence-electron chi connectivity index (χ3n) is 3.64. The van der Waals surface area contributed by atoms with Gasteiger partial charge in [-0.1, -0.05) is 36.9 Å². The average molecular weight is 325 g/mol. The second kappa shape index (κ2) is 7.13. The molecule has 0 radical (unpaired) electrons. The van der Waals surface area contributed by atoms with Gasteiger partial charge >= 0.3 is 0 Å².